The molecule has 0 spiro atoms. The molecule has 0 amide bonds. The number of hydrogen-bond donors (Lipinski definition) is 1. The van der Waals surface area contributed by atoms with E-state index in [1.807, 2.05) is 39.2 Å². The number of hydrogen-bond acceptors (Lipinski definition) is 2. The standard InChI is InChI=1S/C12H15BrN2O/c1-4-12(2,16)9-5-6-10(13)8-7-15(3)14-11(8)9/h5-7,16H,4H2,1-3H3. The van der Waals surface area contributed by atoms with Crippen molar-refractivity contribution in [3.8, 4) is 0 Å². The molecule has 1 aromatic heterocycles. The number of nitrogens with zero attached hydrogens (tertiary/aromatic N) is 2. The zero-order valence-corrected chi connectivity index (χ0v) is 11.2. The molecule has 1 unspecified atom stereocenters. The van der Waals surface area contributed by atoms with E-state index >= 15 is 0 Å². The number of aromatic nitrogens is 2. The highest BCUT2D eigenvalue weighted by Gasteiger charge is 2.24. The van der Waals surface area contributed by atoms with Crippen LogP contribution in [0.2, 0.25) is 0 Å². The van der Waals surface area contributed by atoms with Gasteiger partial charge in [0.05, 0.1) is 11.1 Å². The largest absolute Gasteiger partial charge is 0.385 e. The van der Waals surface area contributed by atoms with E-state index in [9.17, 15) is 5.11 Å². The number of aryl methyl sites for hydroxylation is 1. The van der Waals surface area contributed by atoms with Crippen LogP contribution in [0.25, 0.3) is 10.9 Å². The summed E-state index contributed by atoms with van der Waals surface area (Å²) in [5.41, 5.74) is 0.922. The number of benzene rings is 1. The molecule has 4 heteroatoms. The van der Waals surface area contributed by atoms with Gasteiger partial charge in [-0.05, 0) is 19.4 Å². The van der Waals surface area contributed by atoms with Crippen molar-refractivity contribution in [1.82, 2.24) is 9.78 Å². The van der Waals surface area contributed by atoms with E-state index in [2.05, 4.69) is 21.0 Å². The molecule has 2 rings (SSSR count). The third kappa shape index (κ3) is 1.76. The molecular weight excluding hydrogens is 268 g/mol. The topological polar surface area (TPSA) is 38.0 Å². The molecule has 1 atom stereocenters. The highest BCUT2D eigenvalue weighted by Crippen LogP contribution is 2.33. The zero-order chi connectivity index (χ0) is 11.9. The normalized spacial score (nSPS) is 15.3. The van der Waals surface area contributed by atoms with Gasteiger partial charge in [0.15, 0.2) is 0 Å². The quantitative estimate of drug-likeness (QED) is 0.920. The predicted octanol–water partition coefficient (Wildman–Crippen LogP) is 2.95. The molecule has 86 valence electrons. The minimum atomic E-state index is -0.826. The maximum absolute atomic E-state index is 10.3. The fourth-order valence-electron chi connectivity index (χ4n) is 1.81. The van der Waals surface area contributed by atoms with Crippen molar-refractivity contribution in [3.05, 3.63) is 28.4 Å². The van der Waals surface area contributed by atoms with Gasteiger partial charge < -0.3 is 5.11 Å². The van der Waals surface area contributed by atoms with Crippen LogP contribution >= 0.6 is 15.9 Å². The molecule has 0 saturated heterocycles. The molecule has 2 aromatic rings. The van der Waals surface area contributed by atoms with Crippen LogP contribution in [0.5, 0.6) is 0 Å². The van der Waals surface area contributed by atoms with Crippen molar-refractivity contribution in [2.24, 2.45) is 7.05 Å². The molecule has 0 bridgehead atoms. The van der Waals surface area contributed by atoms with E-state index in [1.54, 1.807) is 4.68 Å². The monoisotopic (exact) mass is 282 g/mol. The van der Waals surface area contributed by atoms with Gasteiger partial charge in [-0.2, -0.15) is 5.10 Å². The van der Waals surface area contributed by atoms with Gasteiger partial charge in [-0.15, -0.1) is 0 Å². The Kier molecular flexibility index (Phi) is 2.80. The third-order valence-electron chi connectivity index (χ3n) is 3.01. The fourth-order valence-corrected chi connectivity index (χ4v) is 2.23. The van der Waals surface area contributed by atoms with Gasteiger partial charge in [0.1, 0.15) is 0 Å². The Morgan fingerprint density at radius 2 is 2.19 bits per heavy atom. The van der Waals surface area contributed by atoms with Crippen LogP contribution < -0.4 is 0 Å². The second-order valence-electron chi connectivity index (χ2n) is 4.29. The van der Waals surface area contributed by atoms with E-state index in [0.29, 0.717) is 6.42 Å². The summed E-state index contributed by atoms with van der Waals surface area (Å²) < 4.78 is 2.77. The summed E-state index contributed by atoms with van der Waals surface area (Å²) >= 11 is 3.50. The Morgan fingerprint density at radius 1 is 1.50 bits per heavy atom. The van der Waals surface area contributed by atoms with Crippen molar-refractivity contribution in [1.29, 1.82) is 0 Å². The van der Waals surface area contributed by atoms with E-state index in [-0.39, 0.29) is 0 Å². The highest BCUT2D eigenvalue weighted by molar-refractivity contribution is 9.10. The smallest absolute Gasteiger partial charge is 0.0995 e. The molecule has 0 saturated carbocycles. The van der Waals surface area contributed by atoms with E-state index in [4.69, 9.17) is 0 Å². The minimum Gasteiger partial charge on any atom is -0.385 e. The Labute approximate surface area is 103 Å². The second kappa shape index (κ2) is 3.86. The summed E-state index contributed by atoms with van der Waals surface area (Å²) in [6.07, 6.45) is 2.62. The fraction of sp³-hybridized carbons (Fsp3) is 0.417. The summed E-state index contributed by atoms with van der Waals surface area (Å²) in [5, 5.41) is 15.8. The number of fused-ring (bicyclic) bond motifs is 1. The van der Waals surface area contributed by atoms with Gasteiger partial charge in [0, 0.05) is 28.7 Å². The van der Waals surface area contributed by atoms with Gasteiger partial charge in [-0.1, -0.05) is 28.9 Å². The Morgan fingerprint density at radius 3 is 2.81 bits per heavy atom. The maximum Gasteiger partial charge on any atom is 0.0995 e. The first kappa shape index (κ1) is 11.6. The van der Waals surface area contributed by atoms with Crippen LogP contribution in [-0.2, 0) is 12.6 Å². The van der Waals surface area contributed by atoms with Gasteiger partial charge >= 0.3 is 0 Å². The van der Waals surface area contributed by atoms with Crippen LogP contribution in [0, 0.1) is 0 Å². The van der Waals surface area contributed by atoms with Gasteiger partial charge in [0.2, 0.25) is 0 Å². The molecule has 0 aliphatic rings. The lowest BCUT2D eigenvalue weighted by atomic mass is 9.92. The van der Waals surface area contributed by atoms with E-state index in [0.717, 1.165) is 20.9 Å². The Hall–Kier alpha value is -0.870. The minimum absolute atomic E-state index is 0.667. The average molecular weight is 283 g/mol. The van der Waals surface area contributed by atoms with Crippen molar-refractivity contribution in [3.63, 3.8) is 0 Å². The Bertz CT molecular complexity index is 531. The lowest BCUT2D eigenvalue weighted by Gasteiger charge is -2.22. The second-order valence-corrected chi connectivity index (χ2v) is 5.14. The summed E-state index contributed by atoms with van der Waals surface area (Å²) in [7, 11) is 1.89. The van der Waals surface area contributed by atoms with Crippen molar-refractivity contribution in [2.75, 3.05) is 0 Å². The van der Waals surface area contributed by atoms with Gasteiger partial charge in [-0.25, -0.2) is 0 Å². The first-order valence-electron chi connectivity index (χ1n) is 5.30. The third-order valence-corrected chi connectivity index (χ3v) is 3.70. The number of aliphatic hydroxyl groups is 1. The van der Waals surface area contributed by atoms with Gasteiger partial charge in [0.25, 0.3) is 0 Å². The first-order valence-corrected chi connectivity index (χ1v) is 6.09. The van der Waals surface area contributed by atoms with Crippen molar-refractivity contribution >= 4 is 26.8 Å². The maximum atomic E-state index is 10.3. The lowest BCUT2D eigenvalue weighted by Crippen LogP contribution is -2.20. The van der Waals surface area contributed by atoms with Crippen LogP contribution in [0.4, 0.5) is 0 Å². The highest BCUT2D eigenvalue weighted by atomic mass is 79.9. The molecule has 16 heavy (non-hydrogen) atoms. The van der Waals surface area contributed by atoms with Crippen LogP contribution in [0.15, 0.2) is 22.8 Å². The molecule has 0 aliphatic carbocycles. The summed E-state index contributed by atoms with van der Waals surface area (Å²) in [4.78, 5) is 0. The molecule has 3 nitrogen and oxygen atoms in total. The van der Waals surface area contributed by atoms with Crippen molar-refractivity contribution < 1.29 is 5.11 Å². The van der Waals surface area contributed by atoms with Crippen LogP contribution in [0.3, 0.4) is 0 Å². The average Bonchev–Trinajstić information content (AvgIpc) is 2.60. The zero-order valence-electron chi connectivity index (χ0n) is 9.66. The molecule has 1 heterocycles. The molecule has 0 radical (unpaired) electrons. The summed E-state index contributed by atoms with van der Waals surface area (Å²) in [6.45, 7) is 3.79. The van der Waals surface area contributed by atoms with E-state index in [1.165, 1.54) is 0 Å². The van der Waals surface area contributed by atoms with Gasteiger partial charge in [-0.3, -0.25) is 4.68 Å². The molecule has 1 N–H and O–H groups in total. The number of rotatable bonds is 2. The van der Waals surface area contributed by atoms with Crippen LogP contribution in [0.1, 0.15) is 25.8 Å². The van der Waals surface area contributed by atoms with Crippen molar-refractivity contribution in [2.45, 2.75) is 25.9 Å². The molecule has 0 aliphatic heterocycles. The first-order chi connectivity index (χ1) is 7.45. The van der Waals surface area contributed by atoms with E-state index < -0.39 is 5.60 Å². The summed E-state index contributed by atoms with van der Waals surface area (Å²) in [6, 6.07) is 3.90. The Balaban J connectivity index is 2.76. The van der Waals surface area contributed by atoms with Crippen LogP contribution in [-0.4, -0.2) is 14.9 Å². The predicted molar refractivity (Wildman–Crippen MR) is 68.3 cm³/mol. The molecule has 1 aromatic carbocycles. The SMILES string of the molecule is CCC(C)(O)c1ccc(Br)c2cn(C)nc12. The summed E-state index contributed by atoms with van der Waals surface area (Å²) in [5.74, 6) is 0. The number of halogens is 1. The molecule has 0 fully saturated rings. The molecular formula is C12H15BrN2O. The lowest BCUT2D eigenvalue weighted by molar-refractivity contribution is 0.0544.